The number of amides is 1. The van der Waals surface area contributed by atoms with Gasteiger partial charge in [0, 0.05) is 12.5 Å². The molecule has 0 aromatic heterocycles. The van der Waals surface area contributed by atoms with Gasteiger partial charge in [-0.25, -0.2) is 4.39 Å². The van der Waals surface area contributed by atoms with Gasteiger partial charge < -0.3 is 10.4 Å². The van der Waals surface area contributed by atoms with Crippen LogP contribution in [-0.4, -0.2) is 23.0 Å². The Hall–Kier alpha value is -1.62. The standard InChI is InChI=1S/C12H13ClFNO3/c1-7(5-6-10(16)17)15-12(18)8-3-2-4-9(13)11(8)14/h2-4,7H,5-6H2,1H3,(H,15,18)(H,16,17). The van der Waals surface area contributed by atoms with E-state index in [1.54, 1.807) is 6.92 Å². The van der Waals surface area contributed by atoms with E-state index in [-0.39, 0.29) is 29.5 Å². The number of carbonyl (C=O) groups excluding carboxylic acids is 1. The van der Waals surface area contributed by atoms with E-state index in [9.17, 15) is 14.0 Å². The first-order chi connectivity index (χ1) is 8.41. The summed E-state index contributed by atoms with van der Waals surface area (Å²) in [5, 5.41) is 10.9. The van der Waals surface area contributed by atoms with Gasteiger partial charge in [-0.05, 0) is 25.5 Å². The Balaban J connectivity index is 2.65. The number of carboxylic acids is 1. The molecule has 0 aliphatic heterocycles. The minimum absolute atomic E-state index is 0.0561. The number of carboxylic acid groups (broad SMARTS) is 1. The predicted octanol–water partition coefficient (Wildman–Crippen LogP) is 2.46. The van der Waals surface area contributed by atoms with E-state index in [1.807, 2.05) is 0 Å². The maximum atomic E-state index is 13.5. The second kappa shape index (κ2) is 6.35. The molecule has 1 atom stereocenters. The fraction of sp³-hybridized carbons (Fsp3) is 0.333. The number of hydrogen-bond acceptors (Lipinski definition) is 2. The molecule has 0 saturated heterocycles. The average molecular weight is 274 g/mol. The topological polar surface area (TPSA) is 66.4 Å². The molecule has 0 radical (unpaired) electrons. The highest BCUT2D eigenvalue weighted by Gasteiger charge is 2.16. The number of halogens is 2. The van der Waals surface area contributed by atoms with Gasteiger partial charge in [0.1, 0.15) is 0 Å². The molecule has 6 heteroatoms. The Kier molecular flexibility index (Phi) is 5.09. The van der Waals surface area contributed by atoms with E-state index in [0.29, 0.717) is 0 Å². The van der Waals surface area contributed by atoms with Crippen molar-refractivity contribution in [2.24, 2.45) is 0 Å². The highest BCUT2D eigenvalue weighted by Crippen LogP contribution is 2.17. The largest absolute Gasteiger partial charge is 0.481 e. The molecular formula is C12H13ClFNO3. The number of benzene rings is 1. The first kappa shape index (κ1) is 14.4. The summed E-state index contributed by atoms with van der Waals surface area (Å²) in [5.74, 6) is -2.32. The predicted molar refractivity (Wildman–Crippen MR) is 65.2 cm³/mol. The highest BCUT2D eigenvalue weighted by atomic mass is 35.5. The van der Waals surface area contributed by atoms with Gasteiger partial charge in [-0.2, -0.15) is 0 Å². The molecular weight excluding hydrogens is 261 g/mol. The van der Waals surface area contributed by atoms with Gasteiger partial charge in [-0.3, -0.25) is 9.59 Å². The number of nitrogens with one attached hydrogen (secondary N) is 1. The van der Waals surface area contributed by atoms with E-state index in [0.717, 1.165) is 0 Å². The summed E-state index contributed by atoms with van der Waals surface area (Å²) in [6, 6.07) is 3.79. The average Bonchev–Trinajstić information content (AvgIpc) is 2.30. The lowest BCUT2D eigenvalue weighted by molar-refractivity contribution is -0.137. The van der Waals surface area contributed by atoms with Gasteiger partial charge in [0.05, 0.1) is 10.6 Å². The van der Waals surface area contributed by atoms with Crippen LogP contribution < -0.4 is 5.32 Å². The normalized spacial score (nSPS) is 11.9. The van der Waals surface area contributed by atoms with E-state index in [1.165, 1.54) is 18.2 Å². The lowest BCUT2D eigenvalue weighted by Crippen LogP contribution is -2.33. The molecule has 2 N–H and O–H groups in total. The summed E-state index contributed by atoms with van der Waals surface area (Å²) in [6.07, 6.45) is 0.225. The second-order valence-corrected chi connectivity index (χ2v) is 4.32. The maximum Gasteiger partial charge on any atom is 0.303 e. The summed E-state index contributed by atoms with van der Waals surface area (Å²) in [5.41, 5.74) is -0.148. The molecule has 0 spiro atoms. The molecule has 98 valence electrons. The molecule has 1 amide bonds. The third kappa shape index (κ3) is 4.00. The molecule has 4 nitrogen and oxygen atoms in total. The van der Waals surface area contributed by atoms with Crippen molar-refractivity contribution in [3.05, 3.63) is 34.6 Å². The summed E-state index contributed by atoms with van der Waals surface area (Å²) in [6.45, 7) is 1.66. The molecule has 0 aliphatic rings. The quantitative estimate of drug-likeness (QED) is 0.866. The van der Waals surface area contributed by atoms with Gasteiger partial charge in [-0.15, -0.1) is 0 Å². The molecule has 1 aromatic carbocycles. The third-order valence-electron chi connectivity index (χ3n) is 2.36. The molecule has 1 aromatic rings. The molecule has 0 saturated carbocycles. The number of carbonyl (C=O) groups is 2. The monoisotopic (exact) mass is 273 g/mol. The van der Waals surface area contributed by atoms with Crippen molar-refractivity contribution >= 4 is 23.5 Å². The first-order valence-corrected chi connectivity index (χ1v) is 5.76. The minimum Gasteiger partial charge on any atom is -0.481 e. The van der Waals surface area contributed by atoms with Gasteiger partial charge in [0.15, 0.2) is 5.82 Å². The minimum atomic E-state index is -0.940. The van der Waals surface area contributed by atoms with Crippen LogP contribution in [0, 0.1) is 5.82 Å². The molecule has 1 rings (SSSR count). The molecule has 1 unspecified atom stereocenters. The van der Waals surface area contributed by atoms with Crippen molar-refractivity contribution in [3.8, 4) is 0 Å². The Bertz CT molecular complexity index is 465. The maximum absolute atomic E-state index is 13.5. The van der Waals surface area contributed by atoms with Crippen LogP contribution in [0.5, 0.6) is 0 Å². The number of rotatable bonds is 5. The molecule has 0 heterocycles. The third-order valence-corrected chi connectivity index (χ3v) is 2.66. The van der Waals surface area contributed by atoms with Crippen molar-refractivity contribution < 1.29 is 19.1 Å². The van der Waals surface area contributed by atoms with E-state index < -0.39 is 17.7 Å². The van der Waals surface area contributed by atoms with Crippen LogP contribution in [0.15, 0.2) is 18.2 Å². The summed E-state index contributed by atoms with van der Waals surface area (Å²) in [7, 11) is 0. The second-order valence-electron chi connectivity index (χ2n) is 3.91. The van der Waals surface area contributed by atoms with Crippen molar-refractivity contribution in [1.29, 1.82) is 0 Å². The van der Waals surface area contributed by atoms with Crippen molar-refractivity contribution in [3.63, 3.8) is 0 Å². The molecule has 0 fully saturated rings. The van der Waals surface area contributed by atoms with Crippen LogP contribution in [0.4, 0.5) is 4.39 Å². The zero-order valence-electron chi connectivity index (χ0n) is 9.74. The fourth-order valence-corrected chi connectivity index (χ4v) is 1.57. The first-order valence-electron chi connectivity index (χ1n) is 5.38. The summed E-state index contributed by atoms with van der Waals surface area (Å²) in [4.78, 5) is 22.1. The Morgan fingerprint density at radius 1 is 1.50 bits per heavy atom. The van der Waals surface area contributed by atoms with Gasteiger partial charge in [0.25, 0.3) is 5.91 Å². The fourth-order valence-electron chi connectivity index (χ4n) is 1.39. The van der Waals surface area contributed by atoms with Crippen LogP contribution in [0.25, 0.3) is 0 Å². The van der Waals surface area contributed by atoms with Crippen molar-refractivity contribution in [2.75, 3.05) is 0 Å². The SMILES string of the molecule is CC(CCC(=O)O)NC(=O)c1cccc(Cl)c1F. The van der Waals surface area contributed by atoms with Gasteiger partial charge >= 0.3 is 5.97 Å². The van der Waals surface area contributed by atoms with Crippen molar-refractivity contribution in [1.82, 2.24) is 5.32 Å². The van der Waals surface area contributed by atoms with Crippen molar-refractivity contribution in [2.45, 2.75) is 25.8 Å². The zero-order chi connectivity index (χ0) is 13.7. The lowest BCUT2D eigenvalue weighted by Gasteiger charge is -2.13. The lowest BCUT2D eigenvalue weighted by atomic mass is 10.1. The molecule has 0 aliphatic carbocycles. The van der Waals surface area contributed by atoms with Crippen LogP contribution in [-0.2, 0) is 4.79 Å². The molecule has 0 bridgehead atoms. The zero-order valence-corrected chi connectivity index (χ0v) is 10.5. The van der Waals surface area contributed by atoms with Crippen LogP contribution >= 0.6 is 11.6 Å². The summed E-state index contributed by atoms with van der Waals surface area (Å²) < 4.78 is 13.5. The van der Waals surface area contributed by atoms with Crippen LogP contribution in [0.1, 0.15) is 30.1 Å². The summed E-state index contributed by atoms with van der Waals surface area (Å²) >= 11 is 5.56. The van der Waals surface area contributed by atoms with Gasteiger partial charge in [-0.1, -0.05) is 17.7 Å². The highest BCUT2D eigenvalue weighted by molar-refractivity contribution is 6.31. The Labute approximate surface area is 109 Å². The van der Waals surface area contributed by atoms with Gasteiger partial charge in [0.2, 0.25) is 0 Å². The van der Waals surface area contributed by atoms with E-state index in [2.05, 4.69) is 5.32 Å². The Morgan fingerprint density at radius 2 is 2.17 bits per heavy atom. The van der Waals surface area contributed by atoms with Crippen LogP contribution in [0.2, 0.25) is 5.02 Å². The van der Waals surface area contributed by atoms with E-state index >= 15 is 0 Å². The van der Waals surface area contributed by atoms with Crippen LogP contribution in [0.3, 0.4) is 0 Å². The van der Waals surface area contributed by atoms with E-state index in [4.69, 9.17) is 16.7 Å². The smallest absolute Gasteiger partial charge is 0.303 e. The Morgan fingerprint density at radius 3 is 2.78 bits per heavy atom. The number of hydrogen-bond donors (Lipinski definition) is 2. The number of aliphatic carboxylic acids is 1. The molecule has 18 heavy (non-hydrogen) atoms.